The highest BCUT2D eigenvalue weighted by molar-refractivity contribution is 7.91. The van der Waals surface area contributed by atoms with E-state index in [9.17, 15) is 12.8 Å². The van der Waals surface area contributed by atoms with Gasteiger partial charge in [0.05, 0.1) is 5.75 Å². The van der Waals surface area contributed by atoms with Crippen LogP contribution in [0.4, 0.5) is 4.39 Å². The fraction of sp³-hybridized carbons (Fsp3) is 0.143. The number of sulfone groups is 1. The van der Waals surface area contributed by atoms with Crippen molar-refractivity contribution in [1.29, 1.82) is 0 Å². The summed E-state index contributed by atoms with van der Waals surface area (Å²) in [7, 11) is -3.66. The molecule has 0 aliphatic rings. The first kappa shape index (κ1) is 13.5. The van der Waals surface area contributed by atoms with Crippen molar-refractivity contribution in [3.05, 3.63) is 60.4 Å². The average Bonchev–Trinajstić information content (AvgIpc) is 2.40. The highest BCUT2D eigenvalue weighted by Gasteiger charge is 2.18. The second-order valence-electron chi connectivity index (χ2n) is 3.91. The highest BCUT2D eigenvalue weighted by atomic mass is 32.2. The van der Waals surface area contributed by atoms with Gasteiger partial charge in [0.15, 0.2) is 9.84 Å². The van der Waals surface area contributed by atoms with Crippen molar-refractivity contribution in [1.82, 2.24) is 0 Å². The van der Waals surface area contributed by atoms with Gasteiger partial charge in [0.1, 0.15) is 23.1 Å². The number of rotatable bonds is 5. The van der Waals surface area contributed by atoms with Gasteiger partial charge in [-0.3, -0.25) is 0 Å². The summed E-state index contributed by atoms with van der Waals surface area (Å²) in [5, 5.41) is 0. The molecule has 0 unspecified atom stereocenters. The Kier molecular flexibility index (Phi) is 4.16. The van der Waals surface area contributed by atoms with Crippen LogP contribution in [0.3, 0.4) is 0 Å². The Morgan fingerprint density at radius 1 is 0.947 bits per heavy atom. The molecule has 5 heteroatoms. The first-order chi connectivity index (χ1) is 9.09. The minimum atomic E-state index is -3.66. The first-order valence-corrected chi connectivity index (χ1v) is 7.40. The molecule has 0 aliphatic carbocycles. The smallest absolute Gasteiger partial charge is 0.184 e. The van der Waals surface area contributed by atoms with Crippen molar-refractivity contribution in [3.8, 4) is 5.75 Å². The van der Waals surface area contributed by atoms with E-state index in [1.807, 2.05) is 6.07 Å². The molecule has 0 N–H and O–H groups in total. The summed E-state index contributed by atoms with van der Waals surface area (Å²) >= 11 is 0. The van der Waals surface area contributed by atoms with Crippen LogP contribution in [-0.4, -0.2) is 20.8 Å². The molecule has 0 aliphatic heterocycles. The van der Waals surface area contributed by atoms with Crippen molar-refractivity contribution in [2.24, 2.45) is 0 Å². The molecule has 19 heavy (non-hydrogen) atoms. The van der Waals surface area contributed by atoms with Crippen LogP contribution in [0.1, 0.15) is 0 Å². The maximum atomic E-state index is 13.4. The van der Waals surface area contributed by atoms with E-state index in [1.54, 1.807) is 24.3 Å². The minimum absolute atomic E-state index is 0.0132. The Morgan fingerprint density at radius 2 is 1.58 bits per heavy atom. The van der Waals surface area contributed by atoms with Gasteiger partial charge < -0.3 is 4.74 Å². The summed E-state index contributed by atoms with van der Waals surface area (Å²) in [5.74, 6) is -0.406. The molecule has 0 saturated heterocycles. The topological polar surface area (TPSA) is 43.4 Å². The van der Waals surface area contributed by atoms with E-state index in [4.69, 9.17) is 4.74 Å². The lowest BCUT2D eigenvalue weighted by atomic mass is 10.3. The SMILES string of the molecule is O=S(=O)(CCOc1ccccc1)c1ccccc1F. The Balaban J connectivity index is 2.01. The van der Waals surface area contributed by atoms with Crippen molar-refractivity contribution in [3.63, 3.8) is 0 Å². The standard InChI is InChI=1S/C14H13FO3S/c15-13-8-4-5-9-14(13)19(16,17)11-10-18-12-6-2-1-3-7-12/h1-9H,10-11H2. The fourth-order valence-electron chi connectivity index (χ4n) is 1.59. The average molecular weight is 280 g/mol. The molecule has 2 aromatic rings. The van der Waals surface area contributed by atoms with Gasteiger partial charge >= 0.3 is 0 Å². The minimum Gasteiger partial charge on any atom is -0.493 e. The predicted octanol–water partition coefficient (Wildman–Crippen LogP) is 2.68. The maximum absolute atomic E-state index is 13.4. The molecule has 0 radical (unpaired) electrons. The predicted molar refractivity (Wildman–Crippen MR) is 70.4 cm³/mol. The number of para-hydroxylation sites is 1. The van der Waals surface area contributed by atoms with Gasteiger partial charge in [0, 0.05) is 0 Å². The fourth-order valence-corrected chi connectivity index (χ4v) is 2.77. The number of hydrogen-bond donors (Lipinski definition) is 0. The molecule has 2 aromatic carbocycles. The number of halogens is 1. The van der Waals surface area contributed by atoms with Crippen LogP contribution < -0.4 is 4.74 Å². The summed E-state index contributed by atoms with van der Waals surface area (Å²) in [5.41, 5.74) is 0. The molecular weight excluding hydrogens is 267 g/mol. The molecule has 3 nitrogen and oxygen atoms in total. The first-order valence-electron chi connectivity index (χ1n) is 5.75. The van der Waals surface area contributed by atoms with E-state index in [1.165, 1.54) is 18.2 Å². The van der Waals surface area contributed by atoms with Crippen LogP contribution in [0.15, 0.2) is 59.5 Å². The second kappa shape index (κ2) is 5.84. The lowest BCUT2D eigenvalue weighted by Gasteiger charge is -2.07. The van der Waals surface area contributed by atoms with Crippen molar-refractivity contribution in [2.45, 2.75) is 4.90 Å². The molecule has 2 rings (SSSR count). The van der Waals surface area contributed by atoms with Gasteiger partial charge in [-0.2, -0.15) is 0 Å². The van der Waals surface area contributed by atoms with Gasteiger partial charge in [0.25, 0.3) is 0 Å². The Bertz CT molecular complexity index is 639. The van der Waals surface area contributed by atoms with Gasteiger partial charge in [0.2, 0.25) is 0 Å². The van der Waals surface area contributed by atoms with Gasteiger partial charge in [-0.1, -0.05) is 30.3 Å². The largest absolute Gasteiger partial charge is 0.493 e. The molecule has 0 fully saturated rings. The highest BCUT2D eigenvalue weighted by Crippen LogP contribution is 2.16. The molecule has 0 heterocycles. The van der Waals surface area contributed by atoms with E-state index >= 15 is 0 Å². The van der Waals surface area contributed by atoms with Crippen LogP contribution in [0, 0.1) is 5.82 Å². The Labute approximate surface area is 111 Å². The molecule has 0 amide bonds. The molecule has 0 spiro atoms. The van der Waals surface area contributed by atoms with Crippen molar-refractivity contribution in [2.75, 3.05) is 12.4 Å². The zero-order valence-corrected chi connectivity index (χ0v) is 10.9. The van der Waals surface area contributed by atoms with E-state index in [0.717, 1.165) is 6.07 Å². The zero-order valence-electron chi connectivity index (χ0n) is 10.1. The molecule has 0 aromatic heterocycles. The molecule has 0 bridgehead atoms. The Hall–Kier alpha value is -1.88. The van der Waals surface area contributed by atoms with E-state index in [2.05, 4.69) is 0 Å². The van der Waals surface area contributed by atoms with Crippen LogP contribution in [0.5, 0.6) is 5.75 Å². The van der Waals surface area contributed by atoms with E-state index in [-0.39, 0.29) is 17.3 Å². The van der Waals surface area contributed by atoms with E-state index < -0.39 is 15.7 Å². The summed E-state index contributed by atoms with van der Waals surface area (Å²) in [4.78, 5) is -0.285. The van der Waals surface area contributed by atoms with Gasteiger partial charge in [-0.15, -0.1) is 0 Å². The monoisotopic (exact) mass is 280 g/mol. The quantitative estimate of drug-likeness (QED) is 0.845. The van der Waals surface area contributed by atoms with Crippen LogP contribution in [0.25, 0.3) is 0 Å². The lowest BCUT2D eigenvalue weighted by molar-refractivity contribution is 0.340. The number of ether oxygens (including phenoxy) is 1. The summed E-state index contributed by atoms with van der Waals surface area (Å²) in [6.07, 6.45) is 0. The maximum Gasteiger partial charge on any atom is 0.184 e. The van der Waals surface area contributed by atoms with Crippen molar-refractivity contribution < 1.29 is 17.5 Å². The number of benzene rings is 2. The van der Waals surface area contributed by atoms with Crippen LogP contribution >= 0.6 is 0 Å². The zero-order chi connectivity index (χ0) is 13.7. The third-order valence-corrected chi connectivity index (χ3v) is 4.24. The van der Waals surface area contributed by atoms with Gasteiger partial charge in [-0.05, 0) is 24.3 Å². The lowest BCUT2D eigenvalue weighted by Crippen LogP contribution is -2.15. The normalized spacial score (nSPS) is 11.2. The summed E-state index contributed by atoms with van der Waals surface area (Å²) in [6, 6.07) is 14.2. The van der Waals surface area contributed by atoms with Crippen LogP contribution in [-0.2, 0) is 9.84 Å². The molecule has 100 valence electrons. The summed E-state index contributed by atoms with van der Waals surface area (Å²) in [6.45, 7) is -0.0132. The molecule has 0 atom stereocenters. The van der Waals surface area contributed by atoms with Gasteiger partial charge in [-0.25, -0.2) is 12.8 Å². The van der Waals surface area contributed by atoms with Crippen LogP contribution in [0.2, 0.25) is 0 Å². The third-order valence-electron chi connectivity index (χ3n) is 2.54. The number of hydrogen-bond acceptors (Lipinski definition) is 3. The second-order valence-corrected chi connectivity index (χ2v) is 5.99. The van der Waals surface area contributed by atoms with Crippen molar-refractivity contribution >= 4 is 9.84 Å². The van der Waals surface area contributed by atoms with E-state index in [0.29, 0.717) is 5.75 Å². The third kappa shape index (κ3) is 3.54. The summed E-state index contributed by atoms with van der Waals surface area (Å²) < 4.78 is 42.6. The molecular formula is C14H13FO3S. The molecule has 0 saturated carbocycles. The Morgan fingerprint density at radius 3 is 2.26 bits per heavy atom.